The van der Waals surface area contributed by atoms with E-state index in [9.17, 15) is 23.3 Å². The highest BCUT2D eigenvalue weighted by molar-refractivity contribution is 8.00. The lowest BCUT2D eigenvalue weighted by atomic mass is 10.1. The minimum atomic E-state index is -3.94. The summed E-state index contributed by atoms with van der Waals surface area (Å²) in [6, 6.07) is 9.45. The maximum absolute atomic E-state index is 12.7. The number of aromatic nitrogens is 1. The highest BCUT2D eigenvalue weighted by Crippen LogP contribution is 2.29. The van der Waals surface area contributed by atoms with Crippen molar-refractivity contribution >= 4 is 39.3 Å². The fourth-order valence-electron chi connectivity index (χ4n) is 2.67. The van der Waals surface area contributed by atoms with E-state index >= 15 is 0 Å². The maximum Gasteiger partial charge on any atom is 0.264 e. The van der Waals surface area contributed by atoms with E-state index in [1.165, 1.54) is 36.0 Å². The van der Waals surface area contributed by atoms with Crippen molar-refractivity contribution in [2.24, 2.45) is 0 Å². The molecule has 0 bridgehead atoms. The smallest absolute Gasteiger partial charge is 0.264 e. The first-order chi connectivity index (χ1) is 14.1. The molecule has 1 heterocycles. The molecule has 2 amide bonds. The minimum Gasteiger partial charge on any atom is -0.325 e. The lowest BCUT2D eigenvalue weighted by molar-refractivity contribution is -0.117. The first-order valence-corrected chi connectivity index (χ1v) is 11.4. The molecule has 158 valence electrons. The number of hydrogen-bond donors (Lipinski definition) is 2. The van der Waals surface area contributed by atoms with Crippen LogP contribution in [0.25, 0.3) is 0 Å². The molecule has 0 saturated carbocycles. The Bertz CT molecular complexity index is 1110. The second kappa shape index (κ2) is 9.73. The Morgan fingerprint density at radius 3 is 2.40 bits per heavy atom. The number of thioether (sulfide) groups is 1. The Balaban J connectivity index is 2.17. The first kappa shape index (κ1) is 23.4. The number of nitriles is 1. The van der Waals surface area contributed by atoms with Gasteiger partial charge in [-0.15, -0.1) is 0 Å². The summed E-state index contributed by atoms with van der Waals surface area (Å²) in [4.78, 5) is 28.1. The molecule has 8 nitrogen and oxygen atoms in total. The molecule has 0 radical (unpaired) electrons. The minimum absolute atomic E-state index is 0.0878. The summed E-state index contributed by atoms with van der Waals surface area (Å²) < 4.78 is 25.9. The fourth-order valence-corrected chi connectivity index (χ4v) is 4.78. The van der Waals surface area contributed by atoms with Crippen molar-refractivity contribution in [3.8, 4) is 6.07 Å². The van der Waals surface area contributed by atoms with Crippen LogP contribution in [0.3, 0.4) is 0 Å². The van der Waals surface area contributed by atoms with Gasteiger partial charge in [0.2, 0.25) is 11.8 Å². The Labute approximate surface area is 180 Å². The number of amides is 2. The van der Waals surface area contributed by atoms with E-state index in [0.29, 0.717) is 22.7 Å². The molecular formula is C20H22N4O4S2. The van der Waals surface area contributed by atoms with Crippen LogP contribution in [0.15, 0.2) is 40.3 Å². The Morgan fingerprint density at radius 2 is 1.87 bits per heavy atom. The van der Waals surface area contributed by atoms with Crippen molar-refractivity contribution < 1.29 is 18.0 Å². The number of carbonyl (C=O) groups excluding carboxylic acids is 2. The summed E-state index contributed by atoms with van der Waals surface area (Å²) in [5, 5.41) is 12.2. The summed E-state index contributed by atoms with van der Waals surface area (Å²) in [6.45, 7) is 6.62. The number of nitrogens with zero attached hydrogens (tertiary/aromatic N) is 2. The molecule has 0 aliphatic carbocycles. The van der Waals surface area contributed by atoms with Gasteiger partial charge in [0.1, 0.15) is 11.1 Å². The predicted molar refractivity (Wildman–Crippen MR) is 114 cm³/mol. The molecule has 1 atom stereocenters. The normalized spacial score (nSPS) is 12.0. The average molecular weight is 447 g/mol. The molecule has 2 aromatic rings. The number of pyridine rings is 1. The lowest BCUT2D eigenvalue weighted by Gasteiger charge is -2.16. The van der Waals surface area contributed by atoms with Crippen molar-refractivity contribution in [3.63, 3.8) is 0 Å². The largest absolute Gasteiger partial charge is 0.325 e. The van der Waals surface area contributed by atoms with Crippen molar-refractivity contribution in [2.45, 2.75) is 49.3 Å². The van der Waals surface area contributed by atoms with Crippen LogP contribution in [-0.4, -0.2) is 30.5 Å². The molecule has 2 N–H and O–H groups in total. The zero-order valence-electron chi connectivity index (χ0n) is 17.0. The maximum atomic E-state index is 12.7. The van der Waals surface area contributed by atoms with Gasteiger partial charge in [-0.05, 0) is 56.2 Å². The zero-order valence-corrected chi connectivity index (χ0v) is 18.6. The molecular weight excluding hydrogens is 424 g/mol. The summed E-state index contributed by atoms with van der Waals surface area (Å²) in [7, 11) is -3.94. The Kier molecular flexibility index (Phi) is 7.59. The lowest BCUT2D eigenvalue weighted by Crippen LogP contribution is -2.28. The van der Waals surface area contributed by atoms with E-state index in [-0.39, 0.29) is 10.8 Å². The number of hydrogen-bond acceptors (Lipinski definition) is 7. The predicted octanol–water partition coefficient (Wildman–Crippen LogP) is 2.90. The van der Waals surface area contributed by atoms with Crippen molar-refractivity contribution in [3.05, 3.63) is 47.2 Å². The van der Waals surface area contributed by atoms with Gasteiger partial charge >= 0.3 is 0 Å². The van der Waals surface area contributed by atoms with Gasteiger partial charge in [0, 0.05) is 18.3 Å². The first-order valence-electron chi connectivity index (χ1n) is 9.06. The van der Waals surface area contributed by atoms with Crippen LogP contribution in [0.1, 0.15) is 37.1 Å². The third kappa shape index (κ3) is 5.81. The van der Waals surface area contributed by atoms with Crippen molar-refractivity contribution in [2.75, 3.05) is 5.32 Å². The van der Waals surface area contributed by atoms with Crippen LogP contribution in [0.4, 0.5) is 5.69 Å². The number of nitrogens with one attached hydrogen (secondary N) is 2. The van der Waals surface area contributed by atoms with Gasteiger partial charge < -0.3 is 5.32 Å². The summed E-state index contributed by atoms with van der Waals surface area (Å²) in [5.74, 6) is -0.975. The highest BCUT2D eigenvalue weighted by atomic mass is 32.2. The van der Waals surface area contributed by atoms with Crippen molar-refractivity contribution in [1.82, 2.24) is 9.71 Å². The molecule has 0 aliphatic rings. The van der Waals surface area contributed by atoms with Gasteiger partial charge in [-0.1, -0.05) is 18.7 Å². The molecule has 2 rings (SSSR count). The van der Waals surface area contributed by atoms with E-state index < -0.39 is 21.2 Å². The SMILES string of the molecule is CCC(Sc1nc(C)cc(C)c1C#N)C(=O)Nc1ccc(S(=O)(=O)NC(C)=O)cc1. The van der Waals surface area contributed by atoms with Gasteiger partial charge in [0.15, 0.2) is 0 Å². The summed E-state index contributed by atoms with van der Waals surface area (Å²) in [6.07, 6.45) is 0.505. The van der Waals surface area contributed by atoms with Gasteiger partial charge in [-0.25, -0.2) is 18.1 Å². The van der Waals surface area contributed by atoms with E-state index in [1.807, 2.05) is 31.6 Å². The zero-order chi connectivity index (χ0) is 22.5. The number of sulfonamides is 1. The molecule has 0 saturated heterocycles. The van der Waals surface area contributed by atoms with Crippen LogP contribution >= 0.6 is 11.8 Å². The summed E-state index contributed by atoms with van der Waals surface area (Å²) in [5.41, 5.74) is 2.43. The standard InChI is InChI=1S/C20H22N4O4S2/c1-5-18(29-20-17(11-21)12(2)10-13(3)22-20)19(26)23-15-6-8-16(9-7-15)30(27,28)24-14(4)25/h6-10,18H,5H2,1-4H3,(H,23,26)(H,24,25). The second-order valence-corrected chi connectivity index (χ2v) is 9.44. The molecule has 0 aliphatic heterocycles. The van der Waals surface area contributed by atoms with Gasteiger partial charge in [-0.3, -0.25) is 9.59 Å². The molecule has 30 heavy (non-hydrogen) atoms. The van der Waals surface area contributed by atoms with Crippen LogP contribution < -0.4 is 10.0 Å². The van der Waals surface area contributed by atoms with E-state index in [4.69, 9.17) is 0 Å². The number of anilines is 1. The quantitative estimate of drug-likeness (QED) is 0.626. The van der Waals surface area contributed by atoms with Crippen molar-refractivity contribution in [1.29, 1.82) is 5.26 Å². The third-order valence-corrected chi connectivity index (χ3v) is 6.85. The van der Waals surface area contributed by atoms with E-state index in [2.05, 4.69) is 16.4 Å². The topological polar surface area (TPSA) is 129 Å². The summed E-state index contributed by atoms with van der Waals surface area (Å²) >= 11 is 1.22. The number of aryl methyl sites for hydroxylation is 2. The van der Waals surface area contributed by atoms with Crippen LogP contribution in [0, 0.1) is 25.2 Å². The van der Waals surface area contributed by atoms with Crippen LogP contribution in [0.5, 0.6) is 0 Å². The molecule has 0 fully saturated rings. The average Bonchev–Trinajstić information content (AvgIpc) is 2.65. The number of benzene rings is 1. The highest BCUT2D eigenvalue weighted by Gasteiger charge is 2.22. The molecule has 1 unspecified atom stereocenters. The number of carbonyl (C=O) groups is 2. The van der Waals surface area contributed by atoms with Gasteiger partial charge in [-0.2, -0.15) is 5.26 Å². The van der Waals surface area contributed by atoms with E-state index in [0.717, 1.165) is 18.2 Å². The number of rotatable bonds is 7. The molecule has 10 heteroatoms. The fraction of sp³-hybridized carbons (Fsp3) is 0.300. The third-order valence-electron chi connectivity index (χ3n) is 4.05. The van der Waals surface area contributed by atoms with Gasteiger partial charge in [0.05, 0.1) is 15.7 Å². The van der Waals surface area contributed by atoms with Crippen LogP contribution in [0.2, 0.25) is 0 Å². The molecule has 1 aromatic heterocycles. The second-order valence-electron chi connectivity index (χ2n) is 6.56. The Hall–Kier alpha value is -2.90. The monoisotopic (exact) mass is 446 g/mol. The Morgan fingerprint density at radius 1 is 1.23 bits per heavy atom. The van der Waals surface area contributed by atoms with Crippen LogP contribution in [-0.2, 0) is 19.6 Å². The van der Waals surface area contributed by atoms with Gasteiger partial charge in [0.25, 0.3) is 10.0 Å². The molecule has 0 spiro atoms. The van der Waals surface area contributed by atoms with E-state index in [1.54, 1.807) is 0 Å². The molecule has 1 aromatic carbocycles.